The van der Waals surface area contributed by atoms with Gasteiger partial charge in [0.05, 0.1) is 17.5 Å². The first-order chi connectivity index (χ1) is 13.9. The third kappa shape index (κ3) is 3.23. The molecular formula is C22H19ClN2O4. The standard InChI is InChI=1S/C22H19ClN2O4/c1-25-9-7-13(15(25)6-8-24)20-16(26)10-17(27)21-18(28)11-19(29-22(20)21)12-4-2-3-5-14(12)23/h2-5,10-11,13,15,26-27H,6-7,9H2,1H3/t13-,15+/m1/s1. The van der Waals surface area contributed by atoms with Gasteiger partial charge in [0.25, 0.3) is 0 Å². The maximum Gasteiger partial charge on any atom is 0.197 e. The molecule has 0 unspecified atom stereocenters. The number of fused-ring (bicyclic) bond motifs is 1. The molecule has 0 bridgehead atoms. The number of likely N-dealkylation sites (tertiary alicyclic amines) is 1. The molecule has 1 aliphatic rings. The van der Waals surface area contributed by atoms with Gasteiger partial charge < -0.3 is 19.5 Å². The van der Waals surface area contributed by atoms with Crippen LogP contribution in [0, 0.1) is 11.3 Å². The van der Waals surface area contributed by atoms with E-state index in [1.54, 1.807) is 24.3 Å². The van der Waals surface area contributed by atoms with Crippen LogP contribution in [0.4, 0.5) is 0 Å². The van der Waals surface area contributed by atoms with Crippen molar-refractivity contribution >= 4 is 22.6 Å². The highest BCUT2D eigenvalue weighted by molar-refractivity contribution is 6.33. The summed E-state index contributed by atoms with van der Waals surface area (Å²) in [5.41, 5.74) is 0.684. The van der Waals surface area contributed by atoms with Crippen LogP contribution in [0.1, 0.15) is 24.3 Å². The second kappa shape index (κ2) is 7.43. The Hall–Kier alpha value is -3.01. The summed E-state index contributed by atoms with van der Waals surface area (Å²) >= 11 is 6.27. The van der Waals surface area contributed by atoms with Crippen LogP contribution < -0.4 is 5.43 Å². The fraction of sp³-hybridized carbons (Fsp3) is 0.273. The summed E-state index contributed by atoms with van der Waals surface area (Å²) < 4.78 is 6.07. The first-order valence-corrected chi connectivity index (χ1v) is 9.65. The average molecular weight is 411 g/mol. The van der Waals surface area contributed by atoms with Gasteiger partial charge in [0, 0.05) is 35.2 Å². The van der Waals surface area contributed by atoms with E-state index in [-0.39, 0.29) is 46.6 Å². The number of rotatable bonds is 3. The Balaban J connectivity index is 2.01. The minimum absolute atomic E-state index is 0.0128. The normalized spacial score (nSPS) is 19.5. The van der Waals surface area contributed by atoms with Crippen LogP contribution in [0.3, 0.4) is 0 Å². The SMILES string of the molecule is CN1CC[C@@H](c2c(O)cc(O)c3c(=O)cc(-c4ccccc4Cl)oc23)[C@@H]1CC#N. The molecule has 0 radical (unpaired) electrons. The number of nitriles is 1. The molecule has 2 heterocycles. The maximum atomic E-state index is 12.8. The van der Waals surface area contributed by atoms with Gasteiger partial charge in [-0.2, -0.15) is 5.26 Å². The monoisotopic (exact) mass is 410 g/mol. The van der Waals surface area contributed by atoms with Gasteiger partial charge in [0.15, 0.2) is 5.43 Å². The lowest BCUT2D eigenvalue weighted by Gasteiger charge is -2.24. The molecule has 0 spiro atoms. The van der Waals surface area contributed by atoms with E-state index in [2.05, 4.69) is 11.0 Å². The molecule has 0 amide bonds. The molecule has 2 atom stereocenters. The highest BCUT2D eigenvalue weighted by Crippen LogP contribution is 2.45. The molecule has 7 heteroatoms. The number of aromatic hydroxyl groups is 2. The zero-order valence-electron chi connectivity index (χ0n) is 15.7. The molecular weight excluding hydrogens is 392 g/mol. The van der Waals surface area contributed by atoms with Gasteiger partial charge in [-0.1, -0.05) is 23.7 Å². The Kier molecular flexibility index (Phi) is 4.95. The van der Waals surface area contributed by atoms with Crippen molar-refractivity contribution in [2.45, 2.75) is 24.8 Å². The Bertz CT molecular complexity index is 1200. The first-order valence-electron chi connectivity index (χ1n) is 9.27. The highest BCUT2D eigenvalue weighted by Gasteiger charge is 2.37. The molecule has 2 N–H and O–H groups in total. The Labute approximate surface area is 172 Å². The van der Waals surface area contributed by atoms with Crippen LogP contribution in [0.5, 0.6) is 11.5 Å². The number of likely N-dealkylation sites (N-methyl/N-ethyl adjacent to an activating group) is 1. The first kappa shape index (κ1) is 19.3. The zero-order chi connectivity index (χ0) is 20.7. The number of benzene rings is 2. The molecule has 0 aliphatic carbocycles. The van der Waals surface area contributed by atoms with E-state index in [0.717, 1.165) is 6.54 Å². The Morgan fingerprint density at radius 2 is 2.03 bits per heavy atom. The lowest BCUT2D eigenvalue weighted by Crippen LogP contribution is -2.28. The molecule has 148 valence electrons. The van der Waals surface area contributed by atoms with Crippen molar-refractivity contribution in [3.05, 3.63) is 57.2 Å². The maximum absolute atomic E-state index is 12.8. The van der Waals surface area contributed by atoms with Gasteiger partial charge in [0.1, 0.15) is 28.2 Å². The van der Waals surface area contributed by atoms with Crippen molar-refractivity contribution < 1.29 is 14.6 Å². The van der Waals surface area contributed by atoms with Gasteiger partial charge >= 0.3 is 0 Å². The number of phenols is 2. The summed E-state index contributed by atoms with van der Waals surface area (Å²) in [5.74, 6) is -0.462. The van der Waals surface area contributed by atoms with E-state index in [0.29, 0.717) is 22.6 Å². The number of hydrogen-bond donors (Lipinski definition) is 2. The summed E-state index contributed by atoms with van der Waals surface area (Å²) in [6.07, 6.45) is 0.966. The third-order valence-electron chi connectivity index (χ3n) is 5.63. The minimum atomic E-state index is -0.428. The summed E-state index contributed by atoms with van der Waals surface area (Å²) in [6.45, 7) is 0.743. The smallest absolute Gasteiger partial charge is 0.197 e. The van der Waals surface area contributed by atoms with Crippen molar-refractivity contribution in [2.75, 3.05) is 13.6 Å². The molecule has 6 nitrogen and oxygen atoms in total. The van der Waals surface area contributed by atoms with Gasteiger partial charge in [0.2, 0.25) is 0 Å². The molecule has 0 saturated carbocycles. The van der Waals surface area contributed by atoms with E-state index in [1.165, 1.54) is 12.1 Å². The van der Waals surface area contributed by atoms with Gasteiger partial charge in [-0.15, -0.1) is 0 Å². The van der Waals surface area contributed by atoms with Crippen LogP contribution in [0.2, 0.25) is 5.02 Å². The van der Waals surface area contributed by atoms with E-state index >= 15 is 0 Å². The topological polar surface area (TPSA) is 97.7 Å². The number of halogens is 1. The second-order valence-electron chi connectivity index (χ2n) is 7.29. The van der Waals surface area contributed by atoms with E-state index in [4.69, 9.17) is 16.0 Å². The summed E-state index contributed by atoms with van der Waals surface area (Å²) in [6, 6.07) is 11.5. The molecule has 4 rings (SSSR count). The van der Waals surface area contributed by atoms with E-state index < -0.39 is 5.43 Å². The fourth-order valence-corrected chi connectivity index (χ4v) is 4.44. The number of nitrogens with zero attached hydrogens (tertiary/aromatic N) is 2. The quantitative estimate of drug-likeness (QED) is 0.670. The minimum Gasteiger partial charge on any atom is -0.507 e. The van der Waals surface area contributed by atoms with E-state index in [1.807, 2.05) is 7.05 Å². The summed E-state index contributed by atoms with van der Waals surface area (Å²) in [4.78, 5) is 14.9. The zero-order valence-corrected chi connectivity index (χ0v) is 16.5. The molecule has 1 aromatic heterocycles. The van der Waals surface area contributed by atoms with Gasteiger partial charge in [-0.3, -0.25) is 4.79 Å². The average Bonchev–Trinajstić information content (AvgIpc) is 3.02. The van der Waals surface area contributed by atoms with Crippen LogP contribution >= 0.6 is 11.6 Å². The van der Waals surface area contributed by atoms with Crippen LogP contribution in [0.25, 0.3) is 22.3 Å². The van der Waals surface area contributed by atoms with E-state index in [9.17, 15) is 20.3 Å². The molecule has 2 aromatic carbocycles. The third-order valence-corrected chi connectivity index (χ3v) is 5.96. The summed E-state index contributed by atoms with van der Waals surface area (Å²) in [7, 11) is 1.92. The molecule has 1 saturated heterocycles. The fourth-order valence-electron chi connectivity index (χ4n) is 4.21. The van der Waals surface area contributed by atoms with Gasteiger partial charge in [-0.25, -0.2) is 0 Å². The van der Waals surface area contributed by atoms with Crippen molar-refractivity contribution in [1.82, 2.24) is 4.90 Å². The number of phenolic OH excluding ortho intramolecular Hbond substituents is 2. The largest absolute Gasteiger partial charge is 0.507 e. The van der Waals surface area contributed by atoms with Crippen molar-refractivity contribution in [1.29, 1.82) is 5.26 Å². The molecule has 1 fully saturated rings. The second-order valence-corrected chi connectivity index (χ2v) is 7.70. The predicted octanol–water partition coefficient (Wildman–Crippen LogP) is 4.23. The Morgan fingerprint density at radius 1 is 1.28 bits per heavy atom. The molecule has 1 aliphatic heterocycles. The molecule has 3 aromatic rings. The van der Waals surface area contributed by atoms with Crippen molar-refractivity contribution in [3.63, 3.8) is 0 Å². The van der Waals surface area contributed by atoms with Crippen LogP contribution in [0.15, 0.2) is 45.6 Å². The van der Waals surface area contributed by atoms with Crippen molar-refractivity contribution in [2.24, 2.45) is 0 Å². The highest BCUT2D eigenvalue weighted by atomic mass is 35.5. The lowest BCUT2D eigenvalue weighted by molar-refractivity contribution is 0.299. The van der Waals surface area contributed by atoms with Crippen molar-refractivity contribution in [3.8, 4) is 28.9 Å². The lowest BCUT2D eigenvalue weighted by atomic mass is 9.88. The van der Waals surface area contributed by atoms with Gasteiger partial charge in [-0.05, 0) is 32.1 Å². The Morgan fingerprint density at radius 3 is 2.76 bits per heavy atom. The van der Waals surface area contributed by atoms with Crippen LogP contribution in [-0.2, 0) is 0 Å². The summed E-state index contributed by atoms with van der Waals surface area (Å²) in [5, 5.41) is 30.7. The number of hydrogen-bond acceptors (Lipinski definition) is 6. The predicted molar refractivity (Wildman–Crippen MR) is 110 cm³/mol. The molecule has 29 heavy (non-hydrogen) atoms. The van der Waals surface area contributed by atoms with Crippen LogP contribution in [-0.4, -0.2) is 34.7 Å².